The van der Waals surface area contributed by atoms with Crippen molar-refractivity contribution >= 4 is 55.0 Å². The zero-order valence-electron chi connectivity index (χ0n) is 30.4. The lowest BCUT2D eigenvalue weighted by atomic mass is 10.0. The van der Waals surface area contributed by atoms with Gasteiger partial charge in [0.2, 0.25) is 0 Å². The molecule has 0 N–H and O–H groups in total. The van der Waals surface area contributed by atoms with Crippen LogP contribution < -0.4 is 18.9 Å². The lowest BCUT2D eigenvalue weighted by Gasteiger charge is -2.23. The Morgan fingerprint density at radius 1 is 0.407 bits per heavy atom. The standard InChI is InChI=1S/C46H42O8/c1-3-43(47)53-33(27-49-41-25-13-17-31-15-5-7-19-35(31)41)29-51-45-37-21-9-11-23-39(37)46(40-24-12-10-22-38(40)45)52-30-34(54-44(48)4-2)28-50-42-26-14-18-32-16-6-8-20-36(32)42/h5-26,33-34H,3-4,27-30H2,1-2H3. The molecule has 0 fully saturated rings. The molecule has 2 atom stereocenters. The van der Waals surface area contributed by atoms with Crippen LogP contribution in [0.1, 0.15) is 26.7 Å². The number of ether oxygens (including phenoxy) is 6. The molecule has 0 aliphatic carbocycles. The third-order valence-electron chi connectivity index (χ3n) is 9.18. The summed E-state index contributed by atoms with van der Waals surface area (Å²) < 4.78 is 37.3. The molecule has 0 saturated carbocycles. The van der Waals surface area contributed by atoms with Crippen molar-refractivity contribution in [2.75, 3.05) is 26.4 Å². The fourth-order valence-electron chi connectivity index (χ4n) is 6.49. The number of fused-ring (bicyclic) bond motifs is 4. The van der Waals surface area contributed by atoms with Crippen LogP contribution in [0.2, 0.25) is 0 Å². The van der Waals surface area contributed by atoms with E-state index in [1.54, 1.807) is 13.8 Å². The quantitative estimate of drug-likeness (QED) is 0.0720. The molecule has 7 aromatic rings. The molecule has 0 bridgehead atoms. The second-order valence-corrected chi connectivity index (χ2v) is 12.9. The van der Waals surface area contributed by atoms with Gasteiger partial charge in [-0.05, 0) is 22.9 Å². The Bertz CT molecular complexity index is 2170. The summed E-state index contributed by atoms with van der Waals surface area (Å²) in [4.78, 5) is 25.1. The van der Waals surface area contributed by atoms with E-state index < -0.39 is 12.2 Å². The minimum absolute atomic E-state index is 0.0608. The number of hydrogen-bond acceptors (Lipinski definition) is 8. The predicted molar refractivity (Wildman–Crippen MR) is 212 cm³/mol. The summed E-state index contributed by atoms with van der Waals surface area (Å²) in [6, 6.07) is 43.4. The SMILES string of the molecule is CCC(=O)OC(COc1cccc2ccccc12)COc1c2ccccc2c(OCC(COc2cccc3ccccc23)OC(=O)CC)c2ccccc12. The molecular formula is C46H42O8. The van der Waals surface area contributed by atoms with Crippen LogP contribution >= 0.6 is 0 Å². The number of benzene rings is 7. The van der Waals surface area contributed by atoms with Crippen LogP contribution in [-0.4, -0.2) is 50.6 Å². The van der Waals surface area contributed by atoms with Crippen molar-refractivity contribution in [3.63, 3.8) is 0 Å². The summed E-state index contributed by atoms with van der Waals surface area (Å²) in [7, 11) is 0. The van der Waals surface area contributed by atoms with Crippen LogP contribution in [0.5, 0.6) is 23.0 Å². The normalized spacial score (nSPS) is 12.3. The summed E-state index contributed by atoms with van der Waals surface area (Å²) in [5.74, 6) is 1.98. The molecule has 8 heteroatoms. The van der Waals surface area contributed by atoms with E-state index in [4.69, 9.17) is 28.4 Å². The Labute approximate surface area is 314 Å². The fourth-order valence-corrected chi connectivity index (χ4v) is 6.49. The average molecular weight is 723 g/mol. The molecule has 7 rings (SSSR count). The molecule has 54 heavy (non-hydrogen) atoms. The summed E-state index contributed by atoms with van der Waals surface area (Å²) in [6.07, 6.45) is -0.907. The van der Waals surface area contributed by atoms with Crippen molar-refractivity contribution in [1.82, 2.24) is 0 Å². The van der Waals surface area contributed by atoms with Crippen molar-refractivity contribution in [1.29, 1.82) is 0 Å². The molecule has 0 radical (unpaired) electrons. The van der Waals surface area contributed by atoms with E-state index in [1.807, 2.05) is 133 Å². The van der Waals surface area contributed by atoms with E-state index in [0.717, 1.165) is 43.1 Å². The first-order valence-electron chi connectivity index (χ1n) is 18.3. The van der Waals surface area contributed by atoms with Crippen molar-refractivity contribution in [3.8, 4) is 23.0 Å². The van der Waals surface area contributed by atoms with Gasteiger partial charge in [-0.15, -0.1) is 0 Å². The van der Waals surface area contributed by atoms with Crippen LogP contribution in [0, 0.1) is 0 Å². The van der Waals surface area contributed by atoms with Gasteiger partial charge in [0.15, 0.2) is 12.2 Å². The molecule has 7 aromatic carbocycles. The van der Waals surface area contributed by atoms with Gasteiger partial charge in [0.05, 0.1) is 0 Å². The number of rotatable bonds is 16. The van der Waals surface area contributed by atoms with Crippen molar-refractivity contribution in [3.05, 3.63) is 133 Å². The first-order chi connectivity index (χ1) is 26.5. The second kappa shape index (κ2) is 17.0. The predicted octanol–water partition coefficient (Wildman–Crippen LogP) is 9.86. The van der Waals surface area contributed by atoms with Gasteiger partial charge < -0.3 is 28.4 Å². The van der Waals surface area contributed by atoms with E-state index in [-0.39, 0.29) is 51.2 Å². The molecule has 2 unspecified atom stereocenters. The molecule has 0 aromatic heterocycles. The van der Waals surface area contributed by atoms with Crippen LogP contribution in [0.15, 0.2) is 133 Å². The van der Waals surface area contributed by atoms with Crippen molar-refractivity contribution in [2.24, 2.45) is 0 Å². The minimum atomic E-state index is -0.680. The second-order valence-electron chi connectivity index (χ2n) is 12.9. The van der Waals surface area contributed by atoms with Crippen LogP contribution in [0.4, 0.5) is 0 Å². The van der Waals surface area contributed by atoms with Crippen molar-refractivity contribution < 1.29 is 38.0 Å². The third-order valence-corrected chi connectivity index (χ3v) is 9.18. The monoisotopic (exact) mass is 722 g/mol. The molecule has 0 saturated heterocycles. The largest absolute Gasteiger partial charge is 0.489 e. The van der Waals surface area contributed by atoms with Gasteiger partial charge in [-0.25, -0.2) is 0 Å². The van der Waals surface area contributed by atoms with Crippen LogP contribution in [0.3, 0.4) is 0 Å². The molecule has 274 valence electrons. The van der Waals surface area contributed by atoms with E-state index in [0.29, 0.717) is 23.0 Å². The summed E-state index contributed by atoms with van der Waals surface area (Å²) in [5.41, 5.74) is 0. The van der Waals surface area contributed by atoms with Crippen LogP contribution in [-0.2, 0) is 19.1 Å². The van der Waals surface area contributed by atoms with Gasteiger partial charge in [0.25, 0.3) is 0 Å². The summed E-state index contributed by atoms with van der Waals surface area (Å²) >= 11 is 0. The van der Waals surface area contributed by atoms with Crippen LogP contribution in [0.25, 0.3) is 43.1 Å². The van der Waals surface area contributed by atoms with Gasteiger partial charge in [0, 0.05) is 45.2 Å². The highest BCUT2D eigenvalue weighted by Gasteiger charge is 2.23. The Balaban J connectivity index is 1.14. The number of carbonyl (C=O) groups excluding carboxylic acids is 2. The van der Waals surface area contributed by atoms with E-state index >= 15 is 0 Å². The number of carbonyl (C=O) groups is 2. The van der Waals surface area contributed by atoms with Gasteiger partial charge in [0.1, 0.15) is 49.4 Å². The smallest absolute Gasteiger partial charge is 0.306 e. The maximum Gasteiger partial charge on any atom is 0.306 e. The Kier molecular flexibility index (Phi) is 11.4. The molecule has 8 nitrogen and oxygen atoms in total. The Morgan fingerprint density at radius 2 is 0.722 bits per heavy atom. The summed E-state index contributed by atoms with van der Waals surface area (Å²) in [5, 5.41) is 7.32. The molecule has 0 spiro atoms. The Morgan fingerprint density at radius 3 is 1.09 bits per heavy atom. The van der Waals surface area contributed by atoms with E-state index in [1.165, 1.54) is 0 Å². The maximum atomic E-state index is 12.5. The number of hydrogen-bond donors (Lipinski definition) is 0. The zero-order chi connectivity index (χ0) is 37.3. The van der Waals surface area contributed by atoms with E-state index in [9.17, 15) is 9.59 Å². The summed E-state index contributed by atoms with van der Waals surface area (Å²) in [6.45, 7) is 3.85. The highest BCUT2D eigenvalue weighted by Crippen LogP contribution is 2.43. The lowest BCUT2D eigenvalue weighted by Crippen LogP contribution is -2.31. The van der Waals surface area contributed by atoms with E-state index in [2.05, 4.69) is 0 Å². The van der Waals surface area contributed by atoms with Gasteiger partial charge in [-0.1, -0.05) is 135 Å². The zero-order valence-corrected chi connectivity index (χ0v) is 30.4. The first kappa shape index (κ1) is 36.1. The molecule has 0 aliphatic rings. The molecule has 0 aliphatic heterocycles. The van der Waals surface area contributed by atoms with Gasteiger partial charge in [-0.2, -0.15) is 0 Å². The highest BCUT2D eigenvalue weighted by molar-refractivity contribution is 6.11. The average Bonchev–Trinajstić information content (AvgIpc) is 3.22. The molecular weight excluding hydrogens is 680 g/mol. The highest BCUT2D eigenvalue weighted by atomic mass is 16.6. The maximum absolute atomic E-state index is 12.5. The van der Waals surface area contributed by atoms with Gasteiger partial charge in [-0.3, -0.25) is 9.59 Å². The molecule has 0 amide bonds. The number of esters is 2. The minimum Gasteiger partial charge on any atom is -0.489 e. The van der Waals surface area contributed by atoms with Crippen molar-refractivity contribution in [2.45, 2.75) is 38.9 Å². The first-order valence-corrected chi connectivity index (χ1v) is 18.3. The Hall–Kier alpha value is -6.28. The lowest BCUT2D eigenvalue weighted by molar-refractivity contribution is -0.152. The molecule has 0 heterocycles. The topological polar surface area (TPSA) is 89.5 Å². The third kappa shape index (κ3) is 8.18. The fraction of sp³-hybridized carbons (Fsp3) is 0.217. The van der Waals surface area contributed by atoms with Gasteiger partial charge >= 0.3 is 11.9 Å².